The molecule has 0 aromatic carbocycles. The zero-order chi connectivity index (χ0) is 17.9. The predicted molar refractivity (Wildman–Crippen MR) is 89.0 cm³/mol. The molecule has 1 rings (SSSR count). The van der Waals surface area contributed by atoms with Gasteiger partial charge in [-0.3, -0.25) is 9.59 Å². The maximum atomic E-state index is 12.4. The van der Waals surface area contributed by atoms with Gasteiger partial charge in [0.25, 0.3) is 0 Å². The summed E-state index contributed by atoms with van der Waals surface area (Å²) in [5.74, 6) is -1.34. The van der Waals surface area contributed by atoms with Crippen LogP contribution in [0.4, 0.5) is 0 Å². The molecule has 0 radical (unpaired) electrons. The van der Waals surface area contributed by atoms with Crippen LogP contribution in [0.1, 0.15) is 58.3 Å². The number of ether oxygens (including phenoxy) is 2. The van der Waals surface area contributed by atoms with Gasteiger partial charge in [0, 0.05) is 13.5 Å². The Balaban J connectivity index is 2.66. The second-order valence-corrected chi connectivity index (χ2v) is 6.14. The van der Waals surface area contributed by atoms with Gasteiger partial charge >= 0.3 is 5.97 Å². The minimum atomic E-state index is -0.901. The van der Waals surface area contributed by atoms with Crippen molar-refractivity contribution in [3.05, 3.63) is 0 Å². The smallest absolute Gasteiger partial charge is 0.328 e. The number of carbonyl (C=O) groups excluding carboxylic acids is 3. The molecule has 1 amide bonds. The van der Waals surface area contributed by atoms with Crippen LogP contribution in [0, 0.1) is 5.41 Å². The van der Waals surface area contributed by atoms with E-state index in [0.29, 0.717) is 6.21 Å². The maximum Gasteiger partial charge on any atom is 0.328 e. The van der Waals surface area contributed by atoms with Gasteiger partial charge in [0.2, 0.25) is 5.91 Å². The monoisotopic (exact) mass is 340 g/mol. The number of carbonyl (C=O) groups is 3. The molecule has 2 atom stereocenters. The van der Waals surface area contributed by atoms with Crippen molar-refractivity contribution in [2.75, 3.05) is 7.11 Å². The Bertz CT molecular complexity index is 444. The lowest BCUT2D eigenvalue weighted by atomic mass is 10.1. The molecule has 136 valence electrons. The molecule has 7 heteroatoms. The number of hydrogen-bond acceptors (Lipinski definition) is 6. The van der Waals surface area contributed by atoms with Crippen LogP contribution in [0.2, 0.25) is 0 Å². The van der Waals surface area contributed by atoms with Crippen LogP contribution >= 0.6 is 0 Å². The third kappa shape index (κ3) is 7.21. The molecule has 0 bridgehead atoms. The van der Waals surface area contributed by atoms with Gasteiger partial charge in [0.15, 0.2) is 5.78 Å². The molecule has 0 unspecified atom stereocenters. The average molecular weight is 340 g/mol. The standard InChI is InChI=1S/C17H28N2O5/c1-12(23-2)16(21)19-15(10-9-13(20)11-18)17(22)24-14-7-5-3-4-6-8-14/h11-12,14-15,18H,3-10H2,1-2H3,(H,19,21)/t12-,15-/m0/s1. The number of esters is 1. The van der Waals surface area contributed by atoms with E-state index in [1.807, 2.05) is 0 Å². The third-order valence-electron chi connectivity index (χ3n) is 4.25. The summed E-state index contributed by atoms with van der Waals surface area (Å²) in [5.41, 5.74) is 0. The summed E-state index contributed by atoms with van der Waals surface area (Å²) in [6.07, 6.45) is 6.03. The predicted octanol–water partition coefficient (Wildman–Crippen LogP) is 1.77. The molecule has 0 aromatic rings. The second-order valence-electron chi connectivity index (χ2n) is 6.14. The molecular formula is C17H28N2O5. The van der Waals surface area contributed by atoms with Gasteiger partial charge < -0.3 is 20.2 Å². The molecule has 0 spiro atoms. The van der Waals surface area contributed by atoms with E-state index < -0.39 is 29.8 Å². The summed E-state index contributed by atoms with van der Waals surface area (Å²) in [4.78, 5) is 35.7. The van der Waals surface area contributed by atoms with Gasteiger partial charge in [-0.1, -0.05) is 12.8 Å². The van der Waals surface area contributed by atoms with Crippen LogP contribution in [0.25, 0.3) is 0 Å². The van der Waals surface area contributed by atoms with Crippen molar-refractivity contribution in [3.63, 3.8) is 0 Å². The largest absolute Gasteiger partial charge is 0.461 e. The highest BCUT2D eigenvalue weighted by Gasteiger charge is 2.27. The number of rotatable bonds is 9. The van der Waals surface area contributed by atoms with Gasteiger partial charge in [-0.15, -0.1) is 0 Å². The molecule has 1 saturated carbocycles. The first-order chi connectivity index (χ1) is 11.5. The topological polar surface area (TPSA) is 106 Å². The van der Waals surface area contributed by atoms with Crippen molar-refractivity contribution >= 4 is 23.9 Å². The highest BCUT2D eigenvalue weighted by atomic mass is 16.5. The van der Waals surface area contributed by atoms with Crippen molar-refractivity contribution < 1.29 is 23.9 Å². The second kappa shape index (κ2) is 10.9. The molecule has 7 nitrogen and oxygen atoms in total. The first-order valence-electron chi connectivity index (χ1n) is 8.55. The molecule has 0 aromatic heterocycles. The van der Waals surface area contributed by atoms with Crippen LogP contribution in [0.3, 0.4) is 0 Å². The summed E-state index contributed by atoms with van der Waals surface area (Å²) >= 11 is 0. The first-order valence-corrected chi connectivity index (χ1v) is 8.55. The van der Waals surface area contributed by atoms with Crippen LogP contribution in [-0.2, 0) is 23.9 Å². The quantitative estimate of drug-likeness (QED) is 0.378. The van der Waals surface area contributed by atoms with E-state index in [4.69, 9.17) is 14.9 Å². The van der Waals surface area contributed by atoms with Crippen molar-refractivity contribution in [3.8, 4) is 0 Å². The lowest BCUT2D eigenvalue weighted by Crippen LogP contribution is -2.47. The molecule has 1 aliphatic rings. The molecule has 2 N–H and O–H groups in total. The first kappa shape index (κ1) is 20.3. The fourth-order valence-electron chi connectivity index (χ4n) is 2.61. The molecule has 0 saturated heterocycles. The van der Waals surface area contributed by atoms with Gasteiger partial charge in [-0.05, 0) is 39.0 Å². The van der Waals surface area contributed by atoms with E-state index in [1.165, 1.54) is 7.11 Å². The van der Waals surface area contributed by atoms with E-state index in [1.54, 1.807) is 6.92 Å². The normalized spacial score (nSPS) is 18.1. The number of ketones is 1. The van der Waals surface area contributed by atoms with Gasteiger partial charge in [-0.2, -0.15) is 0 Å². The highest BCUT2D eigenvalue weighted by molar-refractivity contribution is 6.26. The lowest BCUT2D eigenvalue weighted by Gasteiger charge is -2.22. The van der Waals surface area contributed by atoms with Crippen LogP contribution in [0.15, 0.2) is 0 Å². The Hall–Kier alpha value is -1.76. The summed E-state index contributed by atoms with van der Waals surface area (Å²) in [5, 5.41) is 9.52. The zero-order valence-electron chi connectivity index (χ0n) is 14.5. The summed E-state index contributed by atoms with van der Waals surface area (Å²) < 4.78 is 10.5. The Morgan fingerprint density at radius 1 is 1.21 bits per heavy atom. The lowest BCUT2D eigenvalue weighted by molar-refractivity contribution is -0.154. The highest BCUT2D eigenvalue weighted by Crippen LogP contribution is 2.20. The molecular weight excluding hydrogens is 312 g/mol. The minimum Gasteiger partial charge on any atom is -0.461 e. The summed E-state index contributed by atoms with van der Waals surface area (Å²) in [7, 11) is 1.40. The van der Waals surface area contributed by atoms with Crippen molar-refractivity contribution in [2.24, 2.45) is 0 Å². The molecule has 0 heterocycles. The maximum absolute atomic E-state index is 12.4. The third-order valence-corrected chi connectivity index (χ3v) is 4.25. The Labute approximate surface area is 143 Å². The van der Waals surface area contributed by atoms with E-state index in [0.717, 1.165) is 38.5 Å². The molecule has 1 fully saturated rings. The zero-order valence-corrected chi connectivity index (χ0v) is 14.5. The number of Topliss-reactive ketones (excluding diaryl/α,β-unsaturated/α-hetero) is 1. The fraction of sp³-hybridized carbons (Fsp3) is 0.765. The summed E-state index contributed by atoms with van der Waals surface area (Å²) in [6, 6.07) is -0.901. The van der Waals surface area contributed by atoms with E-state index in [9.17, 15) is 14.4 Å². The Morgan fingerprint density at radius 2 is 1.83 bits per heavy atom. The number of methoxy groups -OCH3 is 1. The van der Waals surface area contributed by atoms with Gasteiger partial charge in [-0.25, -0.2) is 4.79 Å². The van der Waals surface area contributed by atoms with Crippen LogP contribution < -0.4 is 5.32 Å². The summed E-state index contributed by atoms with van der Waals surface area (Å²) in [6.45, 7) is 1.58. The number of hydrogen-bond donors (Lipinski definition) is 2. The number of nitrogens with one attached hydrogen (secondary N) is 2. The minimum absolute atomic E-state index is 0.00950. The van der Waals surface area contributed by atoms with Crippen molar-refractivity contribution in [1.29, 1.82) is 5.41 Å². The molecule has 0 aliphatic heterocycles. The number of amides is 1. The SMILES string of the molecule is CO[C@@H](C)C(=O)N[C@@H](CCC(=O)C=N)C(=O)OC1CCCCCC1. The average Bonchev–Trinajstić information content (AvgIpc) is 2.85. The van der Waals surface area contributed by atoms with Crippen molar-refractivity contribution in [2.45, 2.75) is 76.5 Å². The molecule has 1 aliphatic carbocycles. The Kier molecular flexibility index (Phi) is 9.22. The van der Waals surface area contributed by atoms with E-state index in [-0.39, 0.29) is 18.9 Å². The van der Waals surface area contributed by atoms with E-state index >= 15 is 0 Å². The van der Waals surface area contributed by atoms with Crippen molar-refractivity contribution in [1.82, 2.24) is 5.32 Å². The van der Waals surface area contributed by atoms with Gasteiger partial charge in [0.1, 0.15) is 18.2 Å². The fourth-order valence-corrected chi connectivity index (χ4v) is 2.61. The van der Waals surface area contributed by atoms with Crippen LogP contribution in [-0.4, -0.2) is 49.2 Å². The molecule has 24 heavy (non-hydrogen) atoms. The van der Waals surface area contributed by atoms with E-state index in [2.05, 4.69) is 5.32 Å². The van der Waals surface area contributed by atoms with Crippen LogP contribution in [0.5, 0.6) is 0 Å². The Morgan fingerprint density at radius 3 is 2.38 bits per heavy atom. The van der Waals surface area contributed by atoms with Gasteiger partial charge in [0.05, 0.1) is 6.21 Å².